The molecule has 2 N–H and O–H groups in total. The fourth-order valence-electron chi connectivity index (χ4n) is 1.41. The first-order valence-corrected chi connectivity index (χ1v) is 7.17. The van der Waals surface area contributed by atoms with E-state index in [0.29, 0.717) is 10.9 Å². The van der Waals surface area contributed by atoms with Gasteiger partial charge < -0.3 is 15.4 Å². The summed E-state index contributed by atoms with van der Waals surface area (Å²) in [6.45, 7) is 4.18. The van der Waals surface area contributed by atoms with Crippen molar-refractivity contribution in [1.82, 2.24) is 10.6 Å². The van der Waals surface area contributed by atoms with Crippen LogP contribution in [0.2, 0.25) is 4.34 Å². The Morgan fingerprint density at radius 3 is 2.79 bits per heavy atom. The van der Waals surface area contributed by atoms with Gasteiger partial charge in [-0.25, -0.2) is 4.79 Å². The second kappa shape index (κ2) is 8.01. The van der Waals surface area contributed by atoms with Gasteiger partial charge >= 0.3 is 6.09 Å². The molecule has 7 heteroatoms. The van der Waals surface area contributed by atoms with E-state index in [1.165, 1.54) is 11.3 Å². The molecule has 5 nitrogen and oxygen atoms in total. The second-order valence-corrected chi connectivity index (χ2v) is 5.57. The van der Waals surface area contributed by atoms with Crippen molar-refractivity contribution in [3.63, 3.8) is 0 Å². The molecule has 0 aliphatic heterocycles. The number of thiophene rings is 1. The fourth-order valence-corrected chi connectivity index (χ4v) is 2.47. The Hall–Kier alpha value is -1.27. The van der Waals surface area contributed by atoms with Crippen LogP contribution in [0.25, 0.3) is 0 Å². The van der Waals surface area contributed by atoms with Crippen LogP contribution in [0.4, 0.5) is 4.79 Å². The van der Waals surface area contributed by atoms with Gasteiger partial charge in [0.25, 0.3) is 0 Å². The van der Waals surface area contributed by atoms with Crippen LogP contribution in [0, 0.1) is 0 Å². The minimum absolute atomic E-state index is 0.0902. The number of carbonyl (C=O) groups is 2. The molecule has 1 rings (SSSR count). The van der Waals surface area contributed by atoms with E-state index in [-0.39, 0.29) is 24.9 Å². The third-order valence-corrected chi connectivity index (χ3v) is 3.71. The van der Waals surface area contributed by atoms with Crippen LogP contribution in [0.5, 0.6) is 0 Å². The zero-order chi connectivity index (χ0) is 14.3. The number of amides is 2. The fraction of sp³-hybridized carbons (Fsp3) is 0.500. The van der Waals surface area contributed by atoms with E-state index < -0.39 is 6.09 Å². The predicted octanol–water partition coefficient (Wildman–Crippen LogP) is 2.71. The molecule has 0 unspecified atom stereocenters. The van der Waals surface area contributed by atoms with Gasteiger partial charge in [0.15, 0.2) is 0 Å². The van der Waals surface area contributed by atoms with Crippen LogP contribution in [0.15, 0.2) is 12.1 Å². The van der Waals surface area contributed by atoms with Gasteiger partial charge in [-0.15, -0.1) is 11.3 Å². The van der Waals surface area contributed by atoms with Crippen LogP contribution < -0.4 is 10.6 Å². The largest absolute Gasteiger partial charge is 0.450 e. The number of nitrogens with one attached hydrogen (secondary N) is 2. The molecule has 1 aromatic heterocycles. The smallest absolute Gasteiger partial charge is 0.407 e. The van der Waals surface area contributed by atoms with Gasteiger partial charge in [-0.2, -0.15) is 0 Å². The molecule has 1 aromatic rings. The van der Waals surface area contributed by atoms with Gasteiger partial charge in [-0.05, 0) is 26.0 Å². The molecule has 19 heavy (non-hydrogen) atoms. The van der Waals surface area contributed by atoms with Crippen molar-refractivity contribution >= 4 is 34.9 Å². The molecule has 0 aromatic carbocycles. The molecule has 0 saturated carbocycles. The maximum atomic E-state index is 11.6. The Bertz CT molecular complexity index is 436. The zero-order valence-corrected chi connectivity index (χ0v) is 12.4. The van der Waals surface area contributed by atoms with E-state index in [2.05, 4.69) is 15.4 Å². The summed E-state index contributed by atoms with van der Waals surface area (Å²) in [5, 5.41) is 5.33. The lowest BCUT2D eigenvalue weighted by Gasteiger charge is -2.12. The molecule has 0 spiro atoms. The average Bonchev–Trinajstić information content (AvgIpc) is 2.76. The highest BCUT2D eigenvalue weighted by Gasteiger charge is 2.11. The minimum Gasteiger partial charge on any atom is -0.450 e. The van der Waals surface area contributed by atoms with Crippen LogP contribution in [-0.2, 0) is 9.53 Å². The third kappa shape index (κ3) is 5.94. The molecule has 0 aliphatic rings. The van der Waals surface area contributed by atoms with E-state index in [1.54, 1.807) is 13.0 Å². The lowest BCUT2D eigenvalue weighted by atomic mass is 10.2. The van der Waals surface area contributed by atoms with Crippen molar-refractivity contribution in [3.8, 4) is 0 Å². The van der Waals surface area contributed by atoms with Crippen LogP contribution >= 0.6 is 22.9 Å². The van der Waals surface area contributed by atoms with E-state index in [9.17, 15) is 9.59 Å². The first kappa shape index (κ1) is 15.8. The van der Waals surface area contributed by atoms with Crippen molar-refractivity contribution in [2.24, 2.45) is 0 Å². The molecule has 1 heterocycles. The normalized spacial score (nSPS) is 11.7. The second-order valence-electron chi connectivity index (χ2n) is 3.83. The number of rotatable bonds is 6. The monoisotopic (exact) mass is 304 g/mol. The van der Waals surface area contributed by atoms with Crippen LogP contribution in [-0.4, -0.2) is 25.2 Å². The van der Waals surface area contributed by atoms with Crippen LogP contribution in [0.1, 0.15) is 31.2 Å². The summed E-state index contributed by atoms with van der Waals surface area (Å²) in [6, 6.07) is 3.59. The number of carbonyl (C=O) groups excluding carboxylic acids is 2. The zero-order valence-electron chi connectivity index (χ0n) is 10.9. The Balaban J connectivity index is 2.25. The molecular formula is C12H17ClN2O3S. The number of hydrogen-bond acceptors (Lipinski definition) is 4. The number of alkyl carbamates (subject to hydrolysis) is 1. The molecule has 0 saturated heterocycles. The summed E-state index contributed by atoms with van der Waals surface area (Å²) in [5.74, 6) is -0.131. The maximum Gasteiger partial charge on any atom is 0.407 e. The third-order valence-electron chi connectivity index (χ3n) is 2.30. The minimum atomic E-state index is -0.506. The van der Waals surface area contributed by atoms with Crippen molar-refractivity contribution in [1.29, 1.82) is 0 Å². The molecular weight excluding hydrogens is 288 g/mol. The average molecular weight is 305 g/mol. The van der Waals surface area contributed by atoms with E-state index in [1.807, 2.05) is 13.0 Å². The van der Waals surface area contributed by atoms with Crippen molar-refractivity contribution < 1.29 is 14.3 Å². The first-order valence-electron chi connectivity index (χ1n) is 5.98. The van der Waals surface area contributed by atoms with Crippen LogP contribution in [0.3, 0.4) is 0 Å². The summed E-state index contributed by atoms with van der Waals surface area (Å²) in [7, 11) is 0. The topological polar surface area (TPSA) is 67.4 Å². The van der Waals surface area contributed by atoms with Crippen molar-refractivity contribution in [3.05, 3.63) is 21.3 Å². The molecule has 0 aliphatic carbocycles. The number of ether oxygens (including phenoxy) is 1. The molecule has 106 valence electrons. The van der Waals surface area contributed by atoms with Gasteiger partial charge in [0.1, 0.15) is 0 Å². The lowest BCUT2D eigenvalue weighted by Crippen LogP contribution is -2.32. The molecule has 0 bridgehead atoms. The highest BCUT2D eigenvalue weighted by molar-refractivity contribution is 7.16. The highest BCUT2D eigenvalue weighted by atomic mass is 35.5. The van der Waals surface area contributed by atoms with E-state index >= 15 is 0 Å². The quantitative estimate of drug-likeness (QED) is 0.849. The standard InChI is InChI=1S/C12H17ClN2O3S/c1-3-18-12(17)14-7-6-11(16)15-8(2)9-4-5-10(13)19-9/h4-5,8H,3,6-7H2,1-2H3,(H,14,17)(H,15,16)/t8-/m1/s1. The predicted molar refractivity (Wildman–Crippen MR) is 75.5 cm³/mol. The maximum absolute atomic E-state index is 11.6. The van der Waals surface area contributed by atoms with Gasteiger partial charge in [-0.3, -0.25) is 4.79 Å². The van der Waals surface area contributed by atoms with Gasteiger partial charge in [0.05, 0.1) is 17.0 Å². The van der Waals surface area contributed by atoms with Crippen molar-refractivity contribution in [2.45, 2.75) is 26.3 Å². The van der Waals surface area contributed by atoms with Gasteiger partial charge in [0, 0.05) is 17.8 Å². The van der Waals surface area contributed by atoms with Gasteiger partial charge in [-0.1, -0.05) is 11.6 Å². The molecule has 1 atom stereocenters. The lowest BCUT2D eigenvalue weighted by molar-refractivity contribution is -0.121. The summed E-state index contributed by atoms with van der Waals surface area (Å²) in [6.07, 6.45) is -0.296. The van der Waals surface area contributed by atoms with Crippen molar-refractivity contribution in [2.75, 3.05) is 13.2 Å². The number of halogens is 1. The Kier molecular flexibility index (Phi) is 6.66. The molecule has 0 fully saturated rings. The summed E-state index contributed by atoms with van der Waals surface area (Å²) in [4.78, 5) is 23.6. The van der Waals surface area contributed by atoms with E-state index in [0.717, 1.165) is 4.88 Å². The first-order chi connectivity index (χ1) is 9.02. The number of hydrogen-bond donors (Lipinski definition) is 2. The Morgan fingerprint density at radius 1 is 1.47 bits per heavy atom. The Labute approximate surface area is 121 Å². The Morgan fingerprint density at radius 2 is 2.21 bits per heavy atom. The SMILES string of the molecule is CCOC(=O)NCCC(=O)N[C@H](C)c1ccc(Cl)s1. The molecule has 0 radical (unpaired) electrons. The summed E-state index contributed by atoms with van der Waals surface area (Å²) in [5.41, 5.74) is 0. The van der Waals surface area contributed by atoms with Gasteiger partial charge in [0.2, 0.25) is 5.91 Å². The highest BCUT2D eigenvalue weighted by Crippen LogP contribution is 2.26. The molecule has 2 amide bonds. The van der Waals surface area contributed by atoms with E-state index in [4.69, 9.17) is 11.6 Å². The summed E-state index contributed by atoms with van der Waals surface area (Å²) < 4.78 is 5.38. The summed E-state index contributed by atoms with van der Waals surface area (Å²) >= 11 is 7.27.